The van der Waals surface area contributed by atoms with Crippen LogP contribution < -0.4 is 0 Å². The maximum atomic E-state index is 11.7. The molecule has 0 heterocycles. The van der Waals surface area contributed by atoms with Crippen LogP contribution in [0.2, 0.25) is 0 Å². The van der Waals surface area contributed by atoms with Crippen molar-refractivity contribution >= 4 is 5.97 Å². The first-order chi connectivity index (χ1) is 6.68. The van der Waals surface area contributed by atoms with Gasteiger partial charge in [-0.1, -0.05) is 34.6 Å². The fourth-order valence-electron chi connectivity index (χ4n) is 1.40. The highest BCUT2D eigenvalue weighted by Crippen LogP contribution is 2.44. The van der Waals surface area contributed by atoms with E-state index >= 15 is 0 Å². The lowest BCUT2D eigenvalue weighted by molar-refractivity contribution is -0.156. The second kappa shape index (κ2) is 4.97. The van der Waals surface area contributed by atoms with Crippen molar-refractivity contribution < 1.29 is 14.3 Å². The van der Waals surface area contributed by atoms with E-state index in [0.717, 1.165) is 0 Å². The molecule has 0 N–H and O–H groups in total. The lowest BCUT2D eigenvalue weighted by atomic mass is 9.62. The SMILES string of the molecule is COCC(C(=O)OC)C(C)(C)C(C)(C)C. The Morgan fingerprint density at radius 3 is 1.87 bits per heavy atom. The summed E-state index contributed by atoms with van der Waals surface area (Å²) in [6, 6.07) is 0. The van der Waals surface area contributed by atoms with Gasteiger partial charge in [0.15, 0.2) is 0 Å². The second-order valence-electron chi connectivity index (χ2n) is 5.50. The van der Waals surface area contributed by atoms with Crippen LogP contribution in [-0.4, -0.2) is 26.8 Å². The van der Waals surface area contributed by atoms with Crippen molar-refractivity contribution in [3.05, 3.63) is 0 Å². The molecule has 15 heavy (non-hydrogen) atoms. The van der Waals surface area contributed by atoms with Crippen molar-refractivity contribution in [2.45, 2.75) is 34.6 Å². The molecule has 0 saturated carbocycles. The Kier molecular flexibility index (Phi) is 4.78. The summed E-state index contributed by atoms with van der Waals surface area (Å²) in [6.45, 7) is 10.9. The summed E-state index contributed by atoms with van der Waals surface area (Å²) >= 11 is 0. The Balaban J connectivity index is 4.98. The van der Waals surface area contributed by atoms with E-state index in [1.54, 1.807) is 7.11 Å². The van der Waals surface area contributed by atoms with E-state index in [0.29, 0.717) is 6.61 Å². The average molecular weight is 216 g/mol. The molecule has 3 nitrogen and oxygen atoms in total. The maximum Gasteiger partial charge on any atom is 0.311 e. The third-order valence-corrected chi connectivity index (χ3v) is 3.62. The van der Waals surface area contributed by atoms with E-state index in [1.807, 2.05) is 0 Å². The summed E-state index contributed by atoms with van der Waals surface area (Å²) in [5, 5.41) is 0. The minimum Gasteiger partial charge on any atom is -0.469 e. The Morgan fingerprint density at radius 1 is 1.13 bits per heavy atom. The number of methoxy groups -OCH3 is 2. The van der Waals surface area contributed by atoms with Crippen LogP contribution in [0, 0.1) is 16.7 Å². The zero-order chi connectivity index (χ0) is 12.3. The second-order valence-corrected chi connectivity index (χ2v) is 5.50. The number of hydrogen-bond acceptors (Lipinski definition) is 3. The highest BCUT2D eigenvalue weighted by Gasteiger charge is 2.44. The molecule has 0 bridgehead atoms. The summed E-state index contributed by atoms with van der Waals surface area (Å²) < 4.78 is 9.94. The van der Waals surface area contributed by atoms with E-state index in [-0.39, 0.29) is 22.7 Å². The van der Waals surface area contributed by atoms with Crippen LogP contribution in [0.4, 0.5) is 0 Å². The third kappa shape index (κ3) is 3.20. The van der Waals surface area contributed by atoms with Gasteiger partial charge in [-0.05, 0) is 10.8 Å². The molecular formula is C12H24O3. The molecule has 0 fully saturated rings. The summed E-state index contributed by atoms with van der Waals surface area (Å²) in [6.07, 6.45) is 0. The van der Waals surface area contributed by atoms with Crippen molar-refractivity contribution in [3.8, 4) is 0 Å². The van der Waals surface area contributed by atoms with Gasteiger partial charge in [0, 0.05) is 7.11 Å². The van der Waals surface area contributed by atoms with Crippen molar-refractivity contribution in [2.24, 2.45) is 16.7 Å². The number of ether oxygens (including phenoxy) is 2. The number of esters is 1. The average Bonchev–Trinajstić information content (AvgIpc) is 2.10. The molecule has 0 radical (unpaired) electrons. The molecule has 0 aromatic heterocycles. The van der Waals surface area contributed by atoms with Gasteiger partial charge in [-0.2, -0.15) is 0 Å². The van der Waals surface area contributed by atoms with Crippen LogP contribution in [0.5, 0.6) is 0 Å². The zero-order valence-electron chi connectivity index (χ0n) is 11.0. The molecule has 0 spiro atoms. The van der Waals surface area contributed by atoms with E-state index in [2.05, 4.69) is 34.6 Å². The van der Waals surface area contributed by atoms with Crippen molar-refractivity contribution in [1.82, 2.24) is 0 Å². The molecule has 0 amide bonds. The van der Waals surface area contributed by atoms with Gasteiger partial charge < -0.3 is 9.47 Å². The molecule has 1 unspecified atom stereocenters. The van der Waals surface area contributed by atoms with E-state index in [1.165, 1.54) is 7.11 Å². The summed E-state index contributed by atoms with van der Waals surface area (Å²) in [4.78, 5) is 11.7. The van der Waals surface area contributed by atoms with Crippen molar-refractivity contribution in [1.29, 1.82) is 0 Å². The summed E-state index contributed by atoms with van der Waals surface area (Å²) in [5.41, 5.74) is -0.152. The van der Waals surface area contributed by atoms with Gasteiger partial charge in [0.2, 0.25) is 0 Å². The van der Waals surface area contributed by atoms with E-state index in [4.69, 9.17) is 9.47 Å². The van der Waals surface area contributed by atoms with Crippen molar-refractivity contribution in [2.75, 3.05) is 20.8 Å². The number of hydrogen-bond donors (Lipinski definition) is 0. The molecule has 0 rings (SSSR count). The molecule has 0 aromatic rings. The Hall–Kier alpha value is -0.570. The quantitative estimate of drug-likeness (QED) is 0.677. The van der Waals surface area contributed by atoms with Crippen LogP contribution in [0.15, 0.2) is 0 Å². The van der Waals surface area contributed by atoms with Gasteiger partial charge >= 0.3 is 5.97 Å². The number of carbonyl (C=O) groups is 1. The molecule has 0 aliphatic rings. The van der Waals surface area contributed by atoms with Gasteiger partial charge in [0.1, 0.15) is 0 Å². The smallest absolute Gasteiger partial charge is 0.311 e. The van der Waals surface area contributed by atoms with Gasteiger partial charge in [0.25, 0.3) is 0 Å². The fourth-order valence-corrected chi connectivity index (χ4v) is 1.40. The van der Waals surface area contributed by atoms with Crippen molar-refractivity contribution in [3.63, 3.8) is 0 Å². The topological polar surface area (TPSA) is 35.5 Å². The Bertz CT molecular complexity index is 213. The monoisotopic (exact) mass is 216 g/mol. The highest BCUT2D eigenvalue weighted by atomic mass is 16.5. The largest absolute Gasteiger partial charge is 0.469 e. The lowest BCUT2D eigenvalue weighted by Gasteiger charge is -2.43. The predicted molar refractivity (Wildman–Crippen MR) is 60.6 cm³/mol. The van der Waals surface area contributed by atoms with Crippen LogP contribution in [-0.2, 0) is 14.3 Å². The maximum absolute atomic E-state index is 11.7. The summed E-state index contributed by atoms with van der Waals surface area (Å²) in [5.74, 6) is -0.427. The minimum atomic E-state index is -0.229. The molecule has 0 aliphatic carbocycles. The third-order valence-electron chi connectivity index (χ3n) is 3.62. The van der Waals surface area contributed by atoms with Gasteiger partial charge in [0.05, 0.1) is 19.6 Å². The molecule has 0 aliphatic heterocycles. The summed E-state index contributed by atoms with van der Waals surface area (Å²) in [7, 11) is 3.03. The van der Waals surface area contributed by atoms with E-state index in [9.17, 15) is 4.79 Å². The van der Waals surface area contributed by atoms with Crippen LogP contribution >= 0.6 is 0 Å². The highest BCUT2D eigenvalue weighted by molar-refractivity contribution is 5.73. The predicted octanol–water partition coefficient (Wildman–Crippen LogP) is 2.49. The Morgan fingerprint density at radius 2 is 1.60 bits per heavy atom. The molecule has 90 valence electrons. The van der Waals surface area contributed by atoms with Gasteiger partial charge in [-0.25, -0.2) is 0 Å². The van der Waals surface area contributed by atoms with Crippen LogP contribution in [0.1, 0.15) is 34.6 Å². The Labute approximate surface area is 93.1 Å². The normalized spacial score (nSPS) is 14.9. The zero-order valence-corrected chi connectivity index (χ0v) is 11.0. The molecular weight excluding hydrogens is 192 g/mol. The number of carbonyl (C=O) groups excluding carboxylic acids is 1. The molecule has 0 saturated heterocycles. The van der Waals surface area contributed by atoms with Crippen LogP contribution in [0.25, 0.3) is 0 Å². The molecule has 1 atom stereocenters. The minimum absolute atomic E-state index is 0.0182. The number of rotatable bonds is 4. The van der Waals surface area contributed by atoms with Crippen LogP contribution in [0.3, 0.4) is 0 Å². The first-order valence-electron chi connectivity index (χ1n) is 5.25. The first kappa shape index (κ1) is 14.4. The van der Waals surface area contributed by atoms with Gasteiger partial charge in [-0.15, -0.1) is 0 Å². The first-order valence-corrected chi connectivity index (χ1v) is 5.25. The lowest BCUT2D eigenvalue weighted by Crippen LogP contribution is -2.43. The van der Waals surface area contributed by atoms with Gasteiger partial charge in [-0.3, -0.25) is 4.79 Å². The fraction of sp³-hybridized carbons (Fsp3) is 0.917. The van der Waals surface area contributed by atoms with E-state index < -0.39 is 0 Å². The molecule has 3 heteroatoms. The molecule has 0 aromatic carbocycles. The standard InChI is InChI=1S/C12H24O3/c1-11(2,3)12(4,5)9(8-14-6)10(13)15-7/h9H,8H2,1-7H3.